The number of aromatic amines is 1. The number of hydrogen-bond donors (Lipinski definition) is 2. The number of amides is 1. The number of esters is 1. The minimum Gasteiger partial charge on any atom is -0.468 e. The van der Waals surface area contributed by atoms with Gasteiger partial charge in [0.05, 0.1) is 18.2 Å². The van der Waals surface area contributed by atoms with Crippen LogP contribution in [-0.4, -0.2) is 29.0 Å². The van der Waals surface area contributed by atoms with Crippen LogP contribution >= 0.6 is 11.8 Å². The van der Waals surface area contributed by atoms with Gasteiger partial charge in [0.25, 0.3) is 5.91 Å². The van der Waals surface area contributed by atoms with Crippen LogP contribution < -0.4 is 5.73 Å². The molecule has 0 radical (unpaired) electrons. The maximum atomic E-state index is 13.1. The van der Waals surface area contributed by atoms with Crippen molar-refractivity contribution in [3.05, 3.63) is 59.4 Å². The number of nitrogens with one attached hydrogen (secondary N) is 1. The SMILES string of the molecule is COC(=O)C(Sc1nc2c(C(N)=O)cccc2[nH]1)c1ccc(F)cc1. The number of para-hydroxylation sites is 1. The van der Waals surface area contributed by atoms with Gasteiger partial charge in [-0.25, -0.2) is 9.37 Å². The Labute approximate surface area is 146 Å². The topological polar surface area (TPSA) is 98.1 Å². The lowest BCUT2D eigenvalue weighted by atomic mass is 10.1. The number of imidazole rings is 1. The summed E-state index contributed by atoms with van der Waals surface area (Å²) in [4.78, 5) is 31.0. The van der Waals surface area contributed by atoms with Crippen LogP contribution in [0.5, 0.6) is 0 Å². The van der Waals surface area contributed by atoms with E-state index in [1.165, 1.54) is 31.4 Å². The van der Waals surface area contributed by atoms with Crippen molar-refractivity contribution in [1.29, 1.82) is 0 Å². The number of hydrogen-bond acceptors (Lipinski definition) is 5. The number of rotatable bonds is 5. The summed E-state index contributed by atoms with van der Waals surface area (Å²) in [5.74, 6) is -1.48. The van der Waals surface area contributed by atoms with Gasteiger partial charge in [-0.3, -0.25) is 9.59 Å². The van der Waals surface area contributed by atoms with Gasteiger partial charge in [-0.15, -0.1) is 0 Å². The first kappa shape index (κ1) is 17.0. The molecule has 2 aromatic carbocycles. The number of thioether (sulfide) groups is 1. The summed E-state index contributed by atoms with van der Waals surface area (Å²) in [5, 5.41) is -0.313. The van der Waals surface area contributed by atoms with Crippen LogP contribution in [0.3, 0.4) is 0 Å². The first-order chi connectivity index (χ1) is 12.0. The van der Waals surface area contributed by atoms with Crippen LogP contribution in [0.15, 0.2) is 47.6 Å². The third-order valence-electron chi connectivity index (χ3n) is 3.57. The molecule has 0 aliphatic heterocycles. The molecule has 0 spiro atoms. The molecule has 1 heterocycles. The number of carbonyl (C=O) groups is 2. The van der Waals surface area contributed by atoms with Gasteiger partial charge >= 0.3 is 5.97 Å². The first-order valence-corrected chi connectivity index (χ1v) is 8.16. The number of H-pyrrole nitrogens is 1. The molecule has 0 aliphatic rings. The zero-order chi connectivity index (χ0) is 18.0. The number of primary amides is 1. The molecule has 8 heteroatoms. The number of aromatic nitrogens is 2. The van der Waals surface area contributed by atoms with Crippen LogP contribution in [0.25, 0.3) is 11.0 Å². The molecule has 3 aromatic rings. The summed E-state index contributed by atoms with van der Waals surface area (Å²) < 4.78 is 18.0. The largest absolute Gasteiger partial charge is 0.468 e. The Morgan fingerprint density at radius 2 is 1.96 bits per heavy atom. The average molecular weight is 359 g/mol. The Morgan fingerprint density at radius 1 is 1.24 bits per heavy atom. The highest BCUT2D eigenvalue weighted by Crippen LogP contribution is 2.36. The number of methoxy groups -OCH3 is 1. The quantitative estimate of drug-likeness (QED) is 0.539. The smallest absolute Gasteiger partial charge is 0.323 e. The second-order valence-electron chi connectivity index (χ2n) is 5.18. The van der Waals surface area contributed by atoms with Gasteiger partial charge in [0.2, 0.25) is 0 Å². The molecule has 0 saturated carbocycles. The fraction of sp³-hybridized carbons (Fsp3) is 0.118. The van der Waals surface area contributed by atoms with E-state index in [9.17, 15) is 14.0 Å². The third kappa shape index (κ3) is 3.48. The van der Waals surface area contributed by atoms with E-state index in [0.717, 1.165) is 11.8 Å². The highest BCUT2D eigenvalue weighted by molar-refractivity contribution is 8.00. The van der Waals surface area contributed by atoms with Crippen molar-refractivity contribution in [2.24, 2.45) is 5.73 Å². The number of nitrogens with zero attached hydrogens (tertiary/aromatic N) is 1. The number of fused-ring (bicyclic) bond motifs is 1. The van der Waals surface area contributed by atoms with E-state index >= 15 is 0 Å². The van der Waals surface area contributed by atoms with Gasteiger partial charge in [-0.2, -0.15) is 0 Å². The predicted molar refractivity (Wildman–Crippen MR) is 91.6 cm³/mol. The zero-order valence-corrected chi connectivity index (χ0v) is 14.0. The van der Waals surface area contributed by atoms with Crippen molar-refractivity contribution in [2.75, 3.05) is 7.11 Å². The van der Waals surface area contributed by atoms with Crippen molar-refractivity contribution in [3.8, 4) is 0 Å². The second kappa shape index (κ2) is 6.94. The standard InChI is InChI=1S/C17H14FN3O3S/c1-24-16(23)14(9-5-7-10(18)8-6-9)25-17-20-12-4-2-3-11(15(19)22)13(12)21-17/h2-8,14H,1H3,(H2,19,22)(H,20,21). The van der Waals surface area contributed by atoms with E-state index in [-0.39, 0.29) is 5.56 Å². The van der Waals surface area contributed by atoms with E-state index in [0.29, 0.717) is 21.8 Å². The van der Waals surface area contributed by atoms with E-state index < -0.39 is 22.9 Å². The molecule has 1 unspecified atom stereocenters. The molecule has 6 nitrogen and oxygen atoms in total. The van der Waals surface area contributed by atoms with Crippen LogP contribution in [0.1, 0.15) is 21.2 Å². The Kier molecular flexibility index (Phi) is 4.71. The molecule has 128 valence electrons. The summed E-state index contributed by atoms with van der Waals surface area (Å²) >= 11 is 1.11. The Morgan fingerprint density at radius 3 is 2.60 bits per heavy atom. The van der Waals surface area contributed by atoms with Gasteiger partial charge in [0, 0.05) is 0 Å². The van der Waals surface area contributed by atoms with E-state index in [1.807, 2.05) is 0 Å². The highest BCUT2D eigenvalue weighted by atomic mass is 32.2. The monoisotopic (exact) mass is 359 g/mol. The van der Waals surface area contributed by atoms with Gasteiger partial charge in [0.1, 0.15) is 16.6 Å². The number of carbonyl (C=O) groups excluding carboxylic acids is 2. The van der Waals surface area contributed by atoms with E-state index in [1.54, 1.807) is 18.2 Å². The molecule has 1 atom stereocenters. The van der Waals surface area contributed by atoms with Crippen LogP contribution in [-0.2, 0) is 9.53 Å². The number of nitrogens with two attached hydrogens (primary N) is 1. The molecule has 3 N–H and O–H groups in total. The lowest BCUT2D eigenvalue weighted by molar-refractivity contribution is -0.140. The minimum atomic E-state index is -0.733. The van der Waals surface area contributed by atoms with Gasteiger partial charge in [-0.05, 0) is 29.8 Å². The summed E-state index contributed by atoms with van der Waals surface area (Å²) in [6, 6.07) is 10.6. The molecule has 25 heavy (non-hydrogen) atoms. The van der Waals surface area contributed by atoms with E-state index in [4.69, 9.17) is 10.5 Å². The van der Waals surface area contributed by atoms with Crippen molar-refractivity contribution in [2.45, 2.75) is 10.4 Å². The van der Waals surface area contributed by atoms with Crippen molar-refractivity contribution >= 4 is 34.7 Å². The third-order valence-corrected chi connectivity index (χ3v) is 4.69. The molecule has 3 rings (SSSR count). The Balaban J connectivity index is 1.98. The van der Waals surface area contributed by atoms with Gasteiger partial charge < -0.3 is 15.5 Å². The normalized spacial score (nSPS) is 12.1. The molecule has 0 fully saturated rings. The molecule has 0 bridgehead atoms. The fourth-order valence-corrected chi connectivity index (χ4v) is 3.39. The number of halogens is 1. The Bertz CT molecular complexity index is 940. The molecule has 0 saturated heterocycles. The van der Waals surface area contributed by atoms with Crippen molar-refractivity contribution < 1.29 is 18.7 Å². The summed E-state index contributed by atoms with van der Waals surface area (Å²) in [6.07, 6.45) is 0. The Hall–Kier alpha value is -2.87. The van der Waals surface area contributed by atoms with Crippen molar-refractivity contribution in [3.63, 3.8) is 0 Å². The molecular formula is C17H14FN3O3S. The van der Waals surface area contributed by atoms with Crippen LogP contribution in [0.2, 0.25) is 0 Å². The van der Waals surface area contributed by atoms with Crippen LogP contribution in [0, 0.1) is 5.82 Å². The predicted octanol–water partition coefficient (Wildman–Crippen LogP) is 2.81. The number of ether oxygens (including phenoxy) is 1. The zero-order valence-electron chi connectivity index (χ0n) is 13.2. The lowest BCUT2D eigenvalue weighted by Crippen LogP contribution is -2.11. The van der Waals surface area contributed by atoms with Crippen molar-refractivity contribution in [1.82, 2.24) is 9.97 Å². The van der Waals surface area contributed by atoms with Gasteiger partial charge in [-0.1, -0.05) is 30.0 Å². The molecule has 0 aliphatic carbocycles. The first-order valence-electron chi connectivity index (χ1n) is 7.28. The average Bonchev–Trinajstić information content (AvgIpc) is 3.02. The fourth-order valence-electron chi connectivity index (χ4n) is 2.37. The second-order valence-corrected chi connectivity index (χ2v) is 6.27. The number of benzene rings is 2. The van der Waals surface area contributed by atoms with E-state index in [2.05, 4.69) is 9.97 Å². The summed E-state index contributed by atoms with van der Waals surface area (Å²) in [7, 11) is 1.28. The molecule has 1 amide bonds. The summed E-state index contributed by atoms with van der Waals surface area (Å²) in [6.45, 7) is 0. The lowest BCUT2D eigenvalue weighted by Gasteiger charge is -2.13. The summed E-state index contributed by atoms with van der Waals surface area (Å²) in [5.41, 5.74) is 7.28. The maximum Gasteiger partial charge on any atom is 0.323 e. The van der Waals surface area contributed by atoms with Gasteiger partial charge in [0.15, 0.2) is 5.16 Å². The van der Waals surface area contributed by atoms with Crippen LogP contribution in [0.4, 0.5) is 4.39 Å². The molecule has 1 aromatic heterocycles. The minimum absolute atomic E-state index is 0.289. The maximum absolute atomic E-state index is 13.1. The highest BCUT2D eigenvalue weighted by Gasteiger charge is 2.25. The molecular weight excluding hydrogens is 345 g/mol.